The van der Waals surface area contributed by atoms with Gasteiger partial charge < -0.3 is 4.57 Å². The quantitative estimate of drug-likeness (QED) is 0.522. The van der Waals surface area contributed by atoms with Gasteiger partial charge in [0.1, 0.15) is 7.14 Å². The van der Waals surface area contributed by atoms with Crippen molar-refractivity contribution < 1.29 is 30.5 Å². The van der Waals surface area contributed by atoms with Crippen LogP contribution in [0.2, 0.25) is 0 Å². The number of rotatable bonds is 7. The average molecular weight is 418 g/mol. The Morgan fingerprint density at radius 3 is 1.62 bits per heavy atom. The maximum absolute atomic E-state index is 13.8. The first-order valence-corrected chi connectivity index (χ1v) is 12.5. The summed E-state index contributed by atoms with van der Waals surface area (Å²) in [4.78, 5) is -0.782. The van der Waals surface area contributed by atoms with Crippen molar-refractivity contribution in [1.29, 1.82) is 0 Å². The van der Waals surface area contributed by atoms with Gasteiger partial charge in [0.05, 0.1) is 9.79 Å². The number of hydrogen-bond donors (Lipinski definition) is 2. The molecule has 2 aromatic carbocycles. The van der Waals surface area contributed by atoms with Gasteiger partial charge in [-0.05, 0) is 30.7 Å². The maximum Gasteiger partial charge on any atom is 0.294 e. The molecular weight excluding hydrogens is 399 g/mol. The van der Waals surface area contributed by atoms with Gasteiger partial charge in [0, 0.05) is 16.8 Å². The average Bonchev–Trinajstić information content (AvgIpc) is 2.58. The lowest BCUT2D eigenvalue weighted by atomic mass is 10.4. The van der Waals surface area contributed by atoms with Gasteiger partial charge in [0.25, 0.3) is 20.2 Å². The van der Waals surface area contributed by atoms with E-state index < -0.39 is 37.2 Å². The Balaban J connectivity index is 2.69. The summed E-state index contributed by atoms with van der Waals surface area (Å²) in [5.41, 5.74) is 0. The zero-order valence-electron chi connectivity index (χ0n) is 13.9. The summed E-state index contributed by atoms with van der Waals surface area (Å²) in [5, 5.41) is 0.377. The Labute approximate surface area is 152 Å². The fraction of sp³-hybridized carbons (Fsp3) is 0.250. The lowest BCUT2D eigenvalue weighted by Crippen LogP contribution is -2.20. The molecule has 0 atom stereocenters. The SMILES string of the molecule is CCCCP(=O)(c1cccc(S(=O)(=O)O)c1)c1cccc(S(=O)(=O)O)c1. The van der Waals surface area contributed by atoms with E-state index in [4.69, 9.17) is 0 Å². The second kappa shape index (κ2) is 7.62. The normalized spacial score (nSPS) is 12.9. The van der Waals surface area contributed by atoms with Gasteiger partial charge in [0.2, 0.25) is 0 Å². The van der Waals surface area contributed by atoms with Gasteiger partial charge in [0.15, 0.2) is 0 Å². The molecular formula is C16H19O7PS2. The molecule has 0 spiro atoms. The van der Waals surface area contributed by atoms with Crippen LogP contribution in [0.3, 0.4) is 0 Å². The molecule has 7 nitrogen and oxygen atoms in total. The Kier molecular flexibility index (Phi) is 6.09. The highest BCUT2D eigenvalue weighted by Crippen LogP contribution is 2.45. The standard InChI is InChI=1S/C16H19O7PS2/c1-2-3-10-24(17,13-6-4-8-15(11-13)25(18,19)20)14-7-5-9-16(12-14)26(21,22)23/h4-9,11-12H,2-3,10H2,1H3,(H,18,19,20)(H,21,22,23). The van der Waals surface area contributed by atoms with Gasteiger partial charge >= 0.3 is 0 Å². The topological polar surface area (TPSA) is 126 Å². The number of hydrogen-bond acceptors (Lipinski definition) is 5. The molecule has 2 rings (SSSR count). The zero-order valence-corrected chi connectivity index (χ0v) is 16.5. The van der Waals surface area contributed by atoms with E-state index in [9.17, 15) is 30.5 Å². The zero-order chi connectivity index (χ0) is 19.6. The van der Waals surface area contributed by atoms with Gasteiger partial charge in [-0.3, -0.25) is 9.11 Å². The highest BCUT2D eigenvalue weighted by Gasteiger charge is 2.29. The third-order valence-electron chi connectivity index (χ3n) is 3.89. The molecule has 0 unspecified atom stereocenters. The summed E-state index contributed by atoms with van der Waals surface area (Å²) in [6.45, 7) is 1.90. The molecule has 2 aromatic rings. The highest BCUT2D eigenvalue weighted by atomic mass is 32.2. The number of benzene rings is 2. The van der Waals surface area contributed by atoms with E-state index in [1.54, 1.807) is 0 Å². The molecule has 0 aliphatic carbocycles. The predicted octanol–water partition coefficient (Wildman–Crippen LogP) is 2.29. The molecule has 0 aromatic heterocycles. The largest absolute Gasteiger partial charge is 0.314 e. The summed E-state index contributed by atoms with van der Waals surface area (Å²) < 4.78 is 77.9. The molecule has 10 heteroatoms. The monoisotopic (exact) mass is 418 g/mol. The molecule has 0 amide bonds. The van der Waals surface area contributed by atoms with Crippen molar-refractivity contribution in [2.45, 2.75) is 29.6 Å². The first-order valence-electron chi connectivity index (χ1n) is 7.74. The Morgan fingerprint density at radius 2 is 1.27 bits per heavy atom. The van der Waals surface area contributed by atoms with Gasteiger partial charge in [-0.25, -0.2) is 0 Å². The molecule has 0 fully saturated rings. The second-order valence-electron chi connectivity index (χ2n) is 5.76. The van der Waals surface area contributed by atoms with E-state index in [-0.39, 0.29) is 16.8 Å². The maximum atomic E-state index is 13.8. The van der Waals surface area contributed by atoms with Crippen LogP contribution in [-0.2, 0) is 24.8 Å². The first-order chi connectivity index (χ1) is 12.0. The molecule has 0 saturated carbocycles. The van der Waals surface area contributed by atoms with Crippen LogP contribution < -0.4 is 10.6 Å². The highest BCUT2D eigenvalue weighted by molar-refractivity contribution is 7.86. The second-order valence-corrected chi connectivity index (χ2v) is 11.6. The van der Waals surface area contributed by atoms with Crippen LogP contribution in [0.4, 0.5) is 0 Å². The van der Waals surface area contributed by atoms with E-state index in [2.05, 4.69) is 0 Å². The summed E-state index contributed by atoms with van der Waals surface area (Å²) >= 11 is 0. The van der Waals surface area contributed by atoms with E-state index in [0.717, 1.165) is 18.6 Å². The van der Waals surface area contributed by atoms with Crippen LogP contribution in [-0.4, -0.2) is 32.1 Å². The minimum absolute atomic E-state index is 0.188. The van der Waals surface area contributed by atoms with Crippen molar-refractivity contribution >= 4 is 38.0 Å². The van der Waals surface area contributed by atoms with Gasteiger partial charge in [-0.1, -0.05) is 37.6 Å². The summed E-state index contributed by atoms with van der Waals surface area (Å²) in [7, 11) is -12.3. The Morgan fingerprint density at radius 1 is 0.846 bits per heavy atom. The third-order valence-corrected chi connectivity index (χ3v) is 8.76. The fourth-order valence-corrected chi connectivity index (χ4v) is 6.68. The van der Waals surface area contributed by atoms with Crippen molar-refractivity contribution in [2.24, 2.45) is 0 Å². The Bertz CT molecular complexity index is 980. The van der Waals surface area contributed by atoms with Crippen molar-refractivity contribution in [3.05, 3.63) is 48.5 Å². The molecule has 0 radical (unpaired) electrons. The minimum Gasteiger partial charge on any atom is -0.314 e. The fourth-order valence-electron chi connectivity index (χ4n) is 2.53. The van der Waals surface area contributed by atoms with Crippen LogP contribution in [0.15, 0.2) is 58.3 Å². The van der Waals surface area contributed by atoms with Crippen LogP contribution >= 0.6 is 7.14 Å². The Hall–Kier alpha value is -1.51. The lowest BCUT2D eigenvalue weighted by molar-refractivity contribution is 0.481. The van der Waals surface area contributed by atoms with Crippen molar-refractivity contribution in [1.82, 2.24) is 0 Å². The van der Waals surface area contributed by atoms with Crippen molar-refractivity contribution in [3.63, 3.8) is 0 Å². The van der Waals surface area contributed by atoms with E-state index >= 15 is 0 Å². The van der Waals surface area contributed by atoms with Crippen LogP contribution in [0, 0.1) is 0 Å². The molecule has 2 N–H and O–H groups in total. The van der Waals surface area contributed by atoms with E-state index in [0.29, 0.717) is 6.42 Å². The summed E-state index contributed by atoms with van der Waals surface area (Å²) in [5.74, 6) is 0. The van der Waals surface area contributed by atoms with Crippen LogP contribution in [0.1, 0.15) is 19.8 Å². The van der Waals surface area contributed by atoms with E-state index in [1.807, 2.05) is 6.92 Å². The van der Waals surface area contributed by atoms with Crippen molar-refractivity contribution in [3.8, 4) is 0 Å². The predicted molar refractivity (Wildman–Crippen MR) is 99.2 cm³/mol. The molecule has 142 valence electrons. The van der Waals surface area contributed by atoms with Crippen molar-refractivity contribution in [2.75, 3.05) is 6.16 Å². The van der Waals surface area contributed by atoms with Crippen LogP contribution in [0.25, 0.3) is 0 Å². The van der Waals surface area contributed by atoms with Gasteiger partial charge in [-0.2, -0.15) is 16.8 Å². The smallest absolute Gasteiger partial charge is 0.294 e. The molecule has 0 aliphatic heterocycles. The van der Waals surface area contributed by atoms with Gasteiger partial charge in [-0.15, -0.1) is 0 Å². The van der Waals surface area contributed by atoms with Crippen LogP contribution in [0.5, 0.6) is 0 Å². The molecule has 0 bridgehead atoms. The molecule has 26 heavy (non-hydrogen) atoms. The number of unbranched alkanes of at least 4 members (excludes halogenated alkanes) is 1. The summed E-state index contributed by atoms with van der Waals surface area (Å²) in [6.07, 6.45) is 1.47. The summed E-state index contributed by atoms with van der Waals surface area (Å²) in [6, 6.07) is 10.3. The molecule has 0 heterocycles. The first kappa shape index (κ1) is 20.8. The molecule has 0 saturated heterocycles. The molecule has 0 aliphatic rings. The minimum atomic E-state index is -4.48. The third kappa shape index (κ3) is 4.61. The lowest BCUT2D eigenvalue weighted by Gasteiger charge is -2.20. The van der Waals surface area contributed by atoms with E-state index in [1.165, 1.54) is 36.4 Å².